The Bertz CT molecular complexity index is 503. The molecule has 3 nitrogen and oxygen atoms in total. The SMILES string of the molecule is Brc1cc(N2CCNCC2)c2occc2c1. The van der Waals surface area contributed by atoms with Crippen molar-refractivity contribution in [1.29, 1.82) is 0 Å². The third-order valence-electron chi connectivity index (χ3n) is 2.95. The Morgan fingerprint density at radius 2 is 2.06 bits per heavy atom. The minimum absolute atomic E-state index is 0.991. The fourth-order valence-corrected chi connectivity index (χ4v) is 2.63. The summed E-state index contributed by atoms with van der Waals surface area (Å²) in [5.74, 6) is 0. The van der Waals surface area contributed by atoms with Gasteiger partial charge < -0.3 is 14.6 Å². The second-order valence-corrected chi connectivity index (χ2v) is 4.92. The smallest absolute Gasteiger partial charge is 0.157 e. The number of benzene rings is 1. The van der Waals surface area contributed by atoms with Gasteiger partial charge in [-0.1, -0.05) is 15.9 Å². The van der Waals surface area contributed by atoms with Crippen LogP contribution in [0.15, 0.2) is 33.4 Å². The molecule has 0 bridgehead atoms. The Morgan fingerprint density at radius 1 is 1.25 bits per heavy atom. The average molecular weight is 281 g/mol. The molecule has 4 heteroatoms. The number of hydrogen-bond acceptors (Lipinski definition) is 3. The van der Waals surface area contributed by atoms with Gasteiger partial charge in [-0.3, -0.25) is 0 Å². The molecule has 0 spiro atoms. The Morgan fingerprint density at radius 3 is 2.88 bits per heavy atom. The van der Waals surface area contributed by atoms with Gasteiger partial charge in [-0.15, -0.1) is 0 Å². The first kappa shape index (κ1) is 10.2. The third-order valence-corrected chi connectivity index (χ3v) is 3.41. The summed E-state index contributed by atoms with van der Waals surface area (Å²) in [5.41, 5.74) is 2.18. The van der Waals surface area contributed by atoms with Crippen molar-refractivity contribution >= 4 is 32.6 Å². The van der Waals surface area contributed by atoms with Crippen molar-refractivity contribution in [1.82, 2.24) is 5.32 Å². The maximum absolute atomic E-state index is 5.57. The highest BCUT2D eigenvalue weighted by Crippen LogP contribution is 2.31. The van der Waals surface area contributed by atoms with Crippen molar-refractivity contribution in [3.63, 3.8) is 0 Å². The van der Waals surface area contributed by atoms with E-state index in [0.717, 1.165) is 41.6 Å². The minimum atomic E-state index is 0.991. The summed E-state index contributed by atoms with van der Waals surface area (Å²) in [6.45, 7) is 4.14. The van der Waals surface area contributed by atoms with E-state index in [-0.39, 0.29) is 0 Å². The van der Waals surface area contributed by atoms with Crippen molar-refractivity contribution < 1.29 is 4.42 Å². The summed E-state index contributed by atoms with van der Waals surface area (Å²) < 4.78 is 6.68. The van der Waals surface area contributed by atoms with Gasteiger partial charge in [0.25, 0.3) is 0 Å². The summed E-state index contributed by atoms with van der Waals surface area (Å²) >= 11 is 3.55. The number of hydrogen-bond donors (Lipinski definition) is 1. The van der Waals surface area contributed by atoms with E-state index >= 15 is 0 Å². The number of nitrogens with zero attached hydrogens (tertiary/aromatic N) is 1. The molecule has 1 aliphatic heterocycles. The van der Waals surface area contributed by atoms with Crippen LogP contribution >= 0.6 is 15.9 Å². The topological polar surface area (TPSA) is 28.4 Å². The fourth-order valence-electron chi connectivity index (χ4n) is 2.17. The van der Waals surface area contributed by atoms with E-state index < -0.39 is 0 Å². The first-order chi connectivity index (χ1) is 7.84. The number of furan rings is 1. The number of piperazine rings is 1. The van der Waals surface area contributed by atoms with Crippen LogP contribution < -0.4 is 10.2 Å². The molecule has 16 heavy (non-hydrogen) atoms. The monoisotopic (exact) mass is 280 g/mol. The van der Waals surface area contributed by atoms with Crippen LogP contribution in [0.5, 0.6) is 0 Å². The van der Waals surface area contributed by atoms with Crippen LogP contribution in [0.25, 0.3) is 11.0 Å². The van der Waals surface area contributed by atoms with E-state index in [2.05, 4.69) is 38.3 Å². The lowest BCUT2D eigenvalue weighted by atomic mass is 10.2. The summed E-state index contributed by atoms with van der Waals surface area (Å²) in [6, 6.07) is 6.23. The first-order valence-corrected chi connectivity index (χ1v) is 6.26. The summed E-state index contributed by atoms with van der Waals surface area (Å²) in [7, 11) is 0. The lowest BCUT2D eigenvalue weighted by molar-refractivity contribution is 0.579. The Kier molecular flexibility index (Phi) is 2.61. The molecule has 84 valence electrons. The number of rotatable bonds is 1. The molecular formula is C12H13BrN2O. The van der Waals surface area contributed by atoms with E-state index in [9.17, 15) is 0 Å². The largest absolute Gasteiger partial charge is 0.462 e. The Labute approximate surface area is 103 Å². The van der Waals surface area contributed by atoms with Gasteiger partial charge in [-0.05, 0) is 18.2 Å². The van der Waals surface area contributed by atoms with Crippen molar-refractivity contribution in [2.75, 3.05) is 31.1 Å². The van der Waals surface area contributed by atoms with Crippen molar-refractivity contribution in [2.45, 2.75) is 0 Å². The van der Waals surface area contributed by atoms with Crippen LogP contribution in [0.1, 0.15) is 0 Å². The van der Waals surface area contributed by atoms with Gasteiger partial charge in [0.1, 0.15) is 0 Å². The molecule has 2 heterocycles. The van der Waals surface area contributed by atoms with Gasteiger partial charge in [0.05, 0.1) is 12.0 Å². The third kappa shape index (κ3) is 1.72. The highest BCUT2D eigenvalue weighted by molar-refractivity contribution is 9.10. The molecule has 1 fully saturated rings. The summed E-state index contributed by atoms with van der Waals surface area (Å²) in [5, 5.41) is 4.51. The van der Waals surface area contributed by atoms with Crippen LogP contribution in [0.2, 0.25) is 0 Å². The molecule has 1 aromatic heterocycles. The lowest BCUT2D eigenvalue weighted by Gasteiger charge is -2.29. The normalized spacial score (nSPS) is 16.9. The molecule has 0 amide bonds. The van der Waals surface area contributed by atoms with Crippen LogP contribution in [0.4, 0.5) is 5.69 Å². The molecule has 0 unspecified atom stereocenters. The molecule has 1 N–H and O–H groups in total. The molecule has 0 radical (unpaired) electrons. The number of anilines is 1. The quantitative estimate of drug-likeness (QED) is 0.871. The second kappa shape index (κ2) is 4.11. The molecule has 0 atom stereocenters. The molecule has 0 saturated carbocycles. The summed E-state index contributed by atoms with van der Waals surface area (Å²) in [6.07, 6.45) is 1.75. The Balaban J connectivity index is 2.09. The predicted molar refractivity (Wildman–Crippen MR) is 69.0 cm³/mol. The van der Waals surface area contributed by atoms with E-state index in [4.69, 9.17) is 4.42 Å². The highest BCUT2D eigenvalue weighted by atomic mass is 79.9. The lowest BCUT2D eigenvalue weighted by Crippen LogP contribution is -2.43. The van der Waals surface area contributed by atoms with Gasteiger partial charge >= 0.3 is 0 Å². The number of halogens is 1. The van der Waals surface area contributed by atoms with Gasteiger partial charge in [0.2, 0.25) is 0 Å². The summed E-state index contributed by atoms with van der Waals surface area (Å²) in [4.78, 5) is 2.37. The van der Waals surface area contributed by atoms with Crippen molar-refractivity contribution in [3.8, 4) is 0 Å². The van der Waals surface area contributed by atoms with Gasteiger partial charge in [-0.2, -0.15) is 0 Å². The first-order valence-electron chi connectivity index (χ1n) is 5.47. The van der Waals surface area contributed by atoms with E-state index in [1.807, 2.05) is 6.07 Å². The van der Waals surface area contributed by atoms with Gasteiger partial charge in [0, 0.05) is 36.0 Å². The predicted octanol–water partition coefficient (Wildman–Crippen LogP) is 2.60. The fraction of sp³-hybridized carbons (Fsp3) is 0.333. The molecule has 0 aliphatic carbocycles. The maximum Gasteiger partial charge on any atom is 0.157 e. The van der Waals surface area contributed by atoms with Gasteiger partial charge in [-0.25, -0.2) is 0 Å². The average Bonchev–Trinajstić information content (AvgIpc) is 2.77. The van der Waals surface area contributed by atoms with Crippen LogP contribution in [-0.4, -0.2) is 26.2 Å². The van der Waals surface area contributed by atoms with Crippen molar-refractivity contribution in [3.05, 3.63) is 28.9 Å². The van der Waals surface area contributed by atoms with E-state index in [1.54, 1.807) is 6.26 Å². The molecule has 1 saturated heterocycles. The number of fused-ring (bicyclic) bond motifs is 1. The molecule has 3 rings (SSSR count). The van der Waals surface area contributed by atoms with Crippen LogP contribution in [0.3, 0.4) is 0 Å². The maximum atomic E-state index is 5.57. The van der Waals surface area contributed by atoms with E-state index in [1.165, 1.54) is 5.69 Å². The zero-order valence-electron chi connectivity index (χ0n) is 8.87. The highest BCUT2D eigenvalue weighted by Gasteiger charge is 2.15. The molecule has 1 aromatic carbocycles. The molecular weight excluding hydrogens is 268 g/mol. The standard InChI is InChI=1S/C12H13BrN2O/c13-10-7-9-1-6-16-12(9)11(8-10)15-4-2-14-3-5-15/h1,6-8,14H,2-5H2. The molecule has 1 aliphatic rings. The van der Waals surface area contributed by atoms with E-state index in [0.29, 0.717) is 0 Å². The molecule has 2 aromatic rings. The van der Waals surface area contributed by atoms with Crippen LogP contribution in [0, 0.1) is 0 Å². The minimum Gasteiger partial charge on any atom is -0.462 e. The number of nitrogens with one attached hydrogen (secondary N) is 1. The Hall–Kier alpha value is -1.00. The zero-order valence-corrected chi connectivity index (χ0v) is 10.5. The zero-order chi connectivity index (χ0) is 11.0. The van der Waals surface area contributed by atoms with Crippen LogP contribution in [-0.2, 0) is 0 Å². The van der Waals surface area contributed by atoms with Gasteiger partial charge in [0.15, 0.2) is 5.58 Å². The van der Waals surface area contributed by atoms with Crippen molar-refractivity contribution in [2.24, 2.45) is 0 Å². The second-order valence-electron chi connectivity index (χ2n) is 4.00.